The van der Waals surface area contributed by atoms with Gasteiger partial charge in [-0.1, -0.05) is 0 Å². The van der Waals surface area contributed by atoms with Gasteiger partial charge < -0.3 is 15.4 Å². The summed E-state index contributed by atoms with van der Waals surface area (Å²) in [7, 11) is -2.45. The number of carboxylic acid groups (broad SMARTS) is 1. The first kappa shape index (κ1) is 14.0. The van der Waals surface area contributed by atoms with Crippen molar-refractivity contribution >= 4 is 36.5 Å². The first-order valence-electron chi connectivity index (χ1n) is 4.00. The van der Waals surface area contributed by atoms with Crippen LogP contribution >= 0.6 is 19.5 Å². The van der Waals surface area contributed by atoms with Gasteiger partial charge in [-0.15, -0.1) is 12.4 Å². The van der Waals surface area contributed by atoms with Crippen molar-refractivity contribution in [3.8, 4) is 0 Å². The summed E-state index contributed by atoms with van der Waals surface area (Å²) >= 11 is 0. The average molecular weight is 250 g/mol. The van der Waals surface area contributed by atoms with Crippen LogP contribution in [0.25, 0.3) is 0 Å². The number of halogens is 1. The molecule has 4 nitrogen and oxygen atoms in total. The predicted octanol–water partition coefficient (Wildman–Crippen LogP) is 1.64. The Morgan fingerprint density at radius 2 is 1.87 bits per heavy atom. The van der Waals surface area contributed by atoms with E-state index in [2.05, 4.69) is 0 Å². The molecule has 84 valence electrons. The SMILES string of the molecule is CP(C)(=O)c1cc(N)cc(C(=O)O)c1.Cl. The maximum Gasteiger partial charge on any atom is 0.335 e. The van der Waals surface area contributed by atoms with Crippen molar-refractivity contribution < 1.29 is 14.5 Å². The van der Waals surface area contributed by atoms with E-state index in [4.69, 9.17) is 10.8 Å². The minimum absolute atomic E-state index is 0. The number of anilines is 1. The fraction of sp³-hybridized carbons (Fsp3) is 0.222. The van der Waals surface area contributed by atoms with Crippen molar-refractivity contribution in [2.24, 2.45) is 0 Å². The van der Waals surface area contributed by atoms with Crippen molar-refractivity contribution in [1.82, 2.24) is 0 Å². The van der Waals surface area contributed by atoms with Crippen molar-refractivity contribution in [2.75, 3.05) is 19.1 Å². The van der Waals surface area contributed by atoms with Crippen LogP contribution in [0, 0.1) is 0 Å². The van der Waals surface area contributed by atoms with Gasteiger partial charge in [-0.3, -0.25) is 0 Å². The zero-order valence-corrected chi connectivity index (χ0v) is 10.1. The first-order valence-corrected chi connectivity index (χ1v) is 6.60. The molecule has 0 amide bonds. The van der Waals surface area contributed by atoms with Crippen LogP contribution in [0.2, 0.25) is 0 Å². The maximum absolute atomic E-state index is 11.7. The van der Waals surface area contributed by atoms with Crippen LogP contribution in [0.1, 0.15) is 10.4 Å². The van der Waals surface area contributed by atoms with Gasteiger partial charge >= 0.3 is 5.97 Å². The minimum Gasteiger partial charge on any atom is -0.478 e. The molecule has 0 unspecified atom stereocenters. The van der Waals surface area contributed by atoms with Gasteiger partial charge in [0.15, 0.2) is 0 Å². The summed E-state index contributed by atoms with van der Waals surface area (Å²) in [5.41, 5.74) is 5.91. The largest absolute Gasteiger partial charge is 0.478 e. The molecule has 3 N–H and O–H groups in total. The summed E-state index contributed by atoms with van der Waals surface area (Å²) in [6.07, 6.45) is 0. The molecule has 1 aromatic carbocycles. The van der Waals surface area contributed by atoms with Gasteiger partial charge in [-0.2, -0.15) is 0 Å². The number of nitrogen functional groups attached to an aromatic ring is 1. The molecule has 0 bridgehead atoms. The molecular weight excluding hydrogens is 237 g/mol. The Hall–Kier alpha value is -0.990. The molecule has 0 aliphatic rings. The second-order valence-electron chi connectivity index (χ2n) is 3.47. The summed E-state index contributed by atoms with van der Waals surface area (Å²) in [4.78, 5) is 10.7. The molecule has 0 heterocycles. The van der Waals surface area contributed by atoms with Crippen molar-refractivity contribution in [3.05, 3.63) is 23.8 Å². The number of carboxylic acids is 1. The third kappa shape index (κ3) is 3.57. The number of hydrogen-bond acceptors (Lipinski definition) is 3. The maximum atomic E-state index is 11.7. The van der Waals surface area contributed by atoms with E-state index in [0.717, 1.165) is 0 Å². The van der Waals surface area contributed by atoms with Crippen molar-refractivity contribution in [2.45, 2.75) is 0 Å². The highest BCUT2D eigenvalue weighted by Gasteiger charge is 2.14. The number of aromatic carboxylic acids is 1. The molecule has 0 spiro atoms. The van der Waals surface area contributed by atoms with E-state index < -0.39 is 13.1 Å². The molecular formula is C9H13ClNO3P. The van der Waals surface area contributed by atoms with Crippen LogP contribution in [0.3, 0.4) is 0 Å². The molecule has 1 rings (SSSR count). The van der Waals surface area contributed by atoms with Crippen LogP contribution in [-0.4, -0.2) is 24.4 Å². The monoisotopic (exact) mass is 249 g/mol. The lowest BCUT2D eigenvalue weighted by atomic mass is 10.2. The molecule has 0 aliphatic carbocycles. The molecule has 0 saturated heterocycles. The predicted molar refractivity (Wildman–Crippen MR) is 64.2 cm³/mol. The highest BCUT2D eigenvalue weighted by atomic mass is 35.5. The van der Waals surface area contributed by atoms with Gasteiger partial charge in [-0.05, 0) is 31.5 Å². The Kier molecular flexibility index (Phi) is 4.38. The molecule has 0 radical (unpaired) electrons. The number of carbonyl (C=O) groups is 1. The third-order valence-corrected chi connectivity index (χ3v) is 3.31. The Balaban J connectivity index is 0.00000196. The lowest BCUT2D eigenvalue weighted by Crippen LogP contribution is -2.09. The summed E-state index contributed by atoms with van der Waals surface area (Å²) in [5.74, 6) is -1.06. The van der Waals surface area contributed by atoms with E-state index in [1.165, 1.54) is 12.1 Å². The lowest BCUT2D eigenvalue weighted by Gasteiger charge is -2.08. The van der Waals surface area contributed by atoms with Gasteiger partial charge in [-0.25, -0.2) is 4.79 Å². The average Bonchev–Trinajstić information content (AvgIpc) is 2.01. The molecule has 15 heavy (non-hydrogen) atoms. The molecule has 0 atom stereocenters. The fourth-order valence-electron chi connectivity index (χ4n) is 1.07. The van der Waals surface area contributed by atoms with Crippen LogP contribution in [0.4, 0.5) is 5.69 Å². The van der Waals surface area contributed by atoms with Gasteiger partial charge in [0.05, 0.1) is 5.56 Å². The number of rotatable bonds is 2. The van der Waals surface area contributed by atoms with Gasteiger partial charge in [0.25, 0.3) is 0 Å². The van der Waals surface area contributed by atoms with Crippen LogP contribution in [0.15, 0.2) is 18.2 Å². The van der Waals surface area contributed by atoms with Crippen LogP contribution < -0.4 is 11.0 Å². The highest BCUT2D eigenvalue weighted by Crippen LogP contribution is 2.35. The Morgan fingerprint density at radius 1 is 1.33 bits per heavy atom. The number of benzene rings is 1. The van der Waals surface area contributed by atoms with Crippen LogP contribution in [-0.2, 0) is 4.57 Å². The summed E-state index contributed by atoms with van der Waals surface area (Å²) in [6, 6.07) is 4.30. The summed E-state index contributed by atoms with van der Waals surface area (Å²) < 4.78 is 11.7. The van der Waals surface area contributed by atoms with Crippen molar-refractivity contribution in [3.63, 3.8) is 0 Å². The quantitative estimate of drug-likeness (QED) is 0.617. The van der Waals surface area contributed by atoms with E-state index >= 15 is 0 Å². The Morgan fingerprint density at radius 3 is 2.27 bits per heavy atom. The lowest BCUT2D eigenvalue weighted by molar-refractivity contribution is 0.0697. The van der Waals surface area contributed by atoms with Gasteiger partial charge in [0.2, 0.25) is 0 Å². The standard InChI is InChI=1S/C9H12NO3P.ClH/c1-14(2,13)8-4-6(9(11)12)3-7(10)5-8;/h3-5H,10H2,1-2H3,(H,11,12);1H. The van der Waals surface area contributed by atoms with E-state index in [-0.39, 0.29) is 18.0 Å². The fourth-order valence-corrected chi connectivity index (χ4v) is 1.98. The number of nitrogens with two attached hydrogens (primary N) is 1. The molecule has 6 heteroatoms. The zero-order chi connectivity index (χ0) is 10.9. The van der Waals surface area contributed by atoms with E-state index in [1.807, 2.05) is 0 Å². The van der Waals surface area contributed by atoms with E-state index in [1.54, 1.807) is 19.4 Å². The van der Waals surface area contributed by atoms with Gasteiger partial charge in [0, 0.05) is 11.0 Å². The minimum atomic E-state index is -2.45. The van der Waals surface area contributed by atoms with Crippen LogP contribution in [0.5, 0.6) is 0 Å². The molecule has 0 saturated carbocycles. The molecule has 1 aromatic rings. The second-order valence-corrected chi connectivity index (χ2v) is 6.69. The normalized spacial score (nSPS) is 10.5. The summed E-state index contributed by atoms with van der Waals surface area (Å²) in [5, 5.41) is 9.25. The Labute approximate surface area is 94.3 Å². The van der Waals surface area contributed by atoms with Gasteiger partial charge in [0.1, 0.15) is 7.14 Å². The van der Waals surface area contributed by atoms with E-state index in [9.17, 15) is 9.36 Å². The van der Waals surface area contributed by atoms with E-state index in [0.29, 0.717) is 11.0 Å². The second kappa shape index (κ2) is 4.69. The summed E-state index contributed by atoms with van der Waals surface area (Å²) in [6.45, 7) is 3.15. The molecule has 0 aliphatic heterocycles. The first-order chi connectivity index (χ1) is 6.30. The topological polar surface area (TPSA) is 80.4 Å². The molecule has 0 aromatic heterocycles. The van der Waals surface area contributed by atoms with Crippen molar-refractivity contribution in [1.29, 1.82) is 0 Å². The molecule has 0 fully saturated rings. The zero-order valence-electron chi connectivity index (χ0n) is 8.43. The highest BCUT2D eigenvalue weighted by molar-refractivity contribution is 7.70. The smallest absolute Gasteiger partial charge is 0.335 e. The Bertz CT molecular complexity index is 427. The number of hydrogen-bond donors (Lipinski definition) is 2. The third-order valence-electron chi connectivity index (χ3n) is 1.81.